The van der Waals surface area contributed by atoms with E-state index in [0.29, 0.717) is 17.1 Å². The summed E-state index contributed by atoms with van der Waals surface area (Å²) in [7, 11) is 1.62. The first kappa shape index (κ1) is 13.6. The van der Waals surface area contributed by atoms with Gasteiger partial charge in [-0.15, -0.1) is 0 Å². The van der Waals surface area contributed by atoms with Crippen LogP contribution in [0.1, 0.15) is 5.56 Å². The lowest BCUT2D eigenvalue weighted by Crippen LogP contribution is -2.31. The first-order valence-corrected chi connectivity index (χ1v) is 6.01. The van der Waals surface area contributed by atoms with Gasteiger partial charge in [0.2, 0.25) is 0 Å². The van der Waals surface area contributed by atoms with Crippen LogP contribution < -0.4 is 9.64 Å². The van der Waals surface area contributed by atoms with Gasteiger partial charge in [-0.1, -0.05) is 18.2 Å². The number of aromatic nitrogens is 1. The highest BCUT2D eigenvalue weighted by Crippen LogP contribution is 2.11. The summed E-state index contributed by atoms with van der Waals surface area (Å²) in [6, 6.07) is 14.3. The number of anilines is 1. The summed E-state index contributed by atoms with van der Waals surface area (Å²) in [5, 5.41) is 8.70. The molecule has 0 unspecified atom stereocenters. The number of rotatable bonds is 4. The van der Waals surface area contributed by atoms with E-state index in [1.807, 2.05) is 24.3 Å². The number of amides is 1. The molecule has 2 aromatic rings. The van der Waals surface area contributed by atoms with Crippen LogP contribution in [0.5, 0.6) is 5.75 Å². The number of likely N-dealkylation sites (N-methyl/N-ethyl adjacent to an activating group) is 1. The second-order valence-electron chi connectivity index (χ2n) is 4.07. The molecule has 0 atom stereocenters. The molecule has 0 aliphatic carbocycles. The maximum absolute atomic E-state index is 12.0. The van der Waals surface area contributed by atoms with E-state index in [1.165, 1.54) is 11.1 Å². The third-order valence-corrected chi connectivity index (χ3v) is 2.70. The number of para-hydroxylation sites is 1. The molecule has 0 N–H and O–H groups in total. The molecule has 1 amide bonds. The van der Waals surface area contributed by atoms with Crippen molar-refractivity contribution < 1.29 is 9.53 Å². The lowest BCUT2D eigenvalue weighted by atomic mass is 10.3. The van der Waals surface area contributed by atoms with Crippen LogP contribution in [0.2, 0.25) is 0 Å². The van der Waals surface area contributed by atoms with Gasteiger partial charge in [0, 0.05) is 13.2 Å². The SMILES string of the molecule is CN(C(=O)COc1ccccc1)c1ccc(C#N)cn1. The van der Waals surface area contributed by atoms with Gasteiger partial charge in [0.1, 0.15) is 17.6 Å². The lowest BCUT2D eigenvalue weighted by Gasteiger charge is -2.16. The van der Waals surface area contributed by atoms with Crippen molar-refractivity contribution in [2.24, 2.45) is 0 Å². The Balaban J connectivity index is 1.96. The zero-order valence-electron chi connectivity index (χ0n) is 11.0. The average Bonchev–Trinajstić information content (AvgIpc) is 2.53. The standard InChI is InChI=1S/C15H13N3O2/c1-18(14-8-7-12(9-16)10-17-14)15(19)11-20-13-5-3-2-4-6-13/h2-8,10H,11H2,1H3. The Morgan fingerprint density at radius 1 is 1.30 bits per heavy atom. The molecule has 5 nitrogen and oxygen atoms in total. The van der Waals surface area contributed by atoms with E-state index in [0.717, 1.165) is 0 Å². The molecular formula is C15H13N3O2. The number of ether oxygens (including phenoxy) is 1. The van der Waals surface area contributed by atoms with Crippen LogP contribution in [0.15, 0.2) is 48.7 Å². The number of benzene rings is 1. The van der Waals surface area contributed by atoms with E-state index in [-0.39, 0.29) is 12.5 Å². The number of carbonyl (C=O) groups excluding carboxylic acids is 1. The number of hydrogen-bond donors (Lipinski definition) is 0. The monoisotopic (exact) mass is 267 g/mol. The highest BCUT2D eigenvalue weighted by molar-refractivity contribution is 5.92. The topological polar surface area (TPSA) is 66.2 Å². The highest BCUT2D eigenvalue weighted by Gasteiger charge is 2.12. The van der Waals surface area contributed by atoms with E-state index < -0.39 is 0 Å². The van der Waals surface area contributed by atoms with E-state index in [2.05, 4.69) is 4.98 Å². The van der Waals surface area contributed by atoms with Crippen molar-refractivity contribution in [1.29, 1.82) is 5.26 Å². The number of nitrogens with zero attached hydrogens (tertiary/aromatic N) is 3. The number of carbonyl (C=O) groups is 1. The first-order valence-electron chi connectivity index (χ1n) is 6.01. The van der Waals surface area contributed by atoms with Crippen LogP contribution in [0.25, 0.3) is 0 Å². The van der Waals surface area contributed by atoms with Crippen molar-refractivity contribution >= 4 is 11.7 Å². The molecule has 0 saturated carbocycles. The largest absolute Gasteiger partial charge is 0.484 e. The molecule has 1 aromatic heterocycles. The minimum absolute atomic E-state index is 0.0673. The Hall–Kier alpha value is -2.87. The maximum atomic E-state index is 12.0. The molecule has 0 spiro atoms. The van der Waals surface area contributed by atoms with E-state index >= 15 is 0 Å². The fourth-order valence-corrected chi connectivity index (χ4v) is 1.54. The summed E-state index contributed by atoms with van der Waals surface area (Å²) in [6.07, 6.45) is 1.43. The first-order chi connectivity index (χ1) is 9.70. The fourth-order valence-electron chi connectivity index (χ4n) is 1.54. The molecular weight excluding hydrogens is 254 g/mol. The zero-order chi connectivity index (χ0) is 14.4. The van der Waals surface area contributed by atoms with Crippen molar-refractivity contribution in [3.05, 3.63) is 54.2 Å². The normalized spacial score (nSPS) is 9.60. The summed E-state index contributed by atoms with van der Waals surface area (Å²) in [6.45, 7) is -0.0673. The molecule has 100 valence electrons. The van der Waals surface area contributed by atoms with Gasteiger partial charge in [0.15, 0.2) is 6.61 Å². The van der Waals surface area contributed by atoms with Gasteiger partial charge >= 0.3 is 0 Å². The van der Waals surface area contributed by atoms with Gasteiger partial charge in [0.25, 0.3) is 5.91 Å². The Bertz CT molecular complexity index is 618. The molecule has 5 heteroatoms. The van der Waals surface area contributed by atoms with Gasteiger partial charge < -0.3 is 4.74 Å². The Kier molecular flexibility index (Phi) is 4.30. The maximum Gasteiger partial charge on any atom is 0.265 e. The molecule has 2 rings (SSSR count). The van der Waals surface area contributed by atoms with E-state index in [4.69, 9.17) is 10.00 Å². The summed E-state index contributed by atoms with van der Waals surface area (Å²) in [5.41, 5.74) is 0.454. The second kappa shape index (κ2) is 6.34. The van der Waals surface area contributed by atoms with Gasteiger partial charge in [-0.25, -0.2) is 4.98 Å². The van der Waals surface area contributed by atoms with Crippen LogP contribution in [0.4, 0.5) is 5.82 Å². The molecule has 0 bridgehead atoms. The van der Waals surface area contributed by atoms with Gasteiger partial charge in [-0.2, -0.15) is 5.26 Å². The van der Waals surface area contributed by atoms with Crippen molar-refractivity contribution in [2.75, 3.05) is 18.6 Å². The molecule has 0 fully saturated rings. The average molecular weight is 267 g/mol. The number of pyridine rings is 1. The molecule has 1 heterocycles. The number of nitriles is 1. The summed E-state index contributed by atoms with van der Waals surface area (Å²) < 4.78 is 5.38. The minimum Gasteiger partial charge on any atom is -0.484 e. The minimum atomic E-state index is -0.217. The van der Waals surface area contributed by atoms with Crippen LogP contribution in [-0.2, 0) is 4.79 Å². The molecule has 0 aliphatic rings. The van der Waals surface area contributed by atoms with Crippen LogP contribution in [-0.4, -0.2) is 24.5 Å². The van der Waals surface area contributed by atoms with Crippen molar-refractivity contribution in [3.63, 3.8) is 0 Å². The molecule has 0 aliphatic heterocycles. The predicted molar refractivity (Wildman–Crippen MR) is 74.3 cm³/mol. The molecule has 0 radical (unpaired) electrons. The lowest BCUT2D eigenvalue weighted by molar-refractivity contribution is -0.120. The van der Waals surface area contributed by atoms with Crippen molar-refractivity contribution in [1.82, 2.24) is 4.98 Å². The van der Waals surface area contributed by atoms with Crippen molar-refractivity contribution in [3.8, 4) is 11.8 Å². The molecule has 0 saturated heterocycles. The van der Waals surface area contributed by atoms with Gasteiger partial charge in [0.05, 0.1) is 5.56 Å². The second-order valence-corrected chi connectivity index (χ2v) is 4.07. The van der Waals surface area contributed by atoms with Crippen LogP contribution in [0.3, 0.4) is 0 Å². The third-order valence-electron chi connectivity index (χ3n) is 2.70. The Morgan fingerprint density at radius 2 is 2.05 bits per heavy atom. The van der Waals surface area contributed by atoms with Crippen LogP contribution in [0, 0.1) is 11.3 Å². The Morgan fingerprint density at radius 3 is 2.65 bits per heavy atom. The fraction of sp³-hybridized carbons (Fsp3) is 0.133. The third kappa shape index (κ3) is 3.33. The van der Waals surface area contributed by atoms with Gasteiger partial charge in [-0.05, 0) is 24.3 Å². The van der Waals surface area contributed by atoms with E-state index in [1.54, 1.807) is 31.3 Å². The molecule has 20 heavy (non-hydrogen) atoms. The number of hydrogen-bond acceptors (Lipinski definition) is 4. The predicted octanol–water partition coefficient (Wildman–Crippen LogP) is 2.00. The quantitative estimate of drug-likeness (QED) is 0.849. The van der Waals surface area contributed by atoms with E-state index in [9.17, 15) is 4.79 Å². The summed E-state index contributed by atoms with van der Waals surface area (Å²) in [4.78, 5) is 17.4. The molecule has 1 aromatic carbocycles. The Labute approximate surface area is 117 Å². The highest BCUT2D eigenvalue weighted by atomic mass is 16.5. The smallest absolute Gasteiger partial charge is 0.265 e. The van der Waals surface area contributed by atoms with Crippen molar-refractivity contribution in [2.45, 2.75) is 0 Å². The zero-order valence-corrected chi connectivity index (χ0v) is 11.0. The van der Waals surface area contributed by atoms with Gasteiger partial charge in [-0.3, -0.25) is 9.69 Å². The van der Waals surface area contributed by atoms with Crippen LogP contribution >= 0.6 is 0 Å². The summed E-state index contributed by atoms with van der Waals surface area (Å²) >= 11 is 0. The summed E-state index contributed by atoms with van der Waals surface area (Å²) in [5.74, 6) is 0.902.